The molecule has 3 aliphatic rings. The SMILES string of the molecule is COc1cccc(Cl)c1CNC(=O)C1(C)COc2c(oc3cc(C(=O)NC4CCC4)ccc23)C(=O)N1[C@H]1C[C@@H](OC)C1. The van der Waals surface area contributed by atoms with Crippen molar-refractivity contribution in [3.8, 4) is 11.5 Å². The predicted molar refractivity (Wildman–Crippen MR) is 155 cm³/mol. The van der Waals surface area contributed by atoms with E-state index in [4.69, 9.17) is 30.2 Å². The smallest absolute Gasteiger partial charge is 0.294 e. The van der Waals surface area contributed by atoms with Gasteiger partial charge in [-0.25, -0.2) is 0 Å². The summed E-state index contributed by atoms with van der Waals surface area (Å²) >= 11 is 6.40. The molecule has 3 aromatic rings. The molecular weight excluding hydrogens is 562 g/mol. The van der Waals surface area contributed by atoms with Gasteiger partial charge >= 0.3 is 0 Å². The lowest BCUT2D eigenvalue weighted by molar-refractivity contribution is -0.138. The first-order valence-electron chi connectivity index (χ1n) is 14.2. The third-order valence-electron chi connectivity index (χ3n) is 8.77. The Morgan fingerprint density at radius 1 is 1.17 bits per heavy atom. The van der Waals surface area contributed by atoms with E-state index in [-0.39, 0.29) is 48.8 Å². The first kappa shape index (κ1) is 28.4. The highest BCUT2D eigenvalue weighted by atomic mass is 35.5. The number of fused-ring (bicyclic) bond motifs is 3. The third kappa shape index (κ3) is 4.86. The van der Waals surface area contributed by atoms with Crippen molar-refractivity contribution in [2.24, 2.45) is 0 Å². The second-order valence-electron chi connectivity index (χ2n) is 11.4. The largest absolute Gasteiger partial charge is 0.496 e. The molecule has 2 N–H and O–H groups in total. The Hall–Kier alpha value is -3.76. The van der Waals surface area contributed by atoms with Crippen molar-refractivity contribution in [2.45, 2.75) is 69.3 Å². The van der Waals surface area contributed by atoms with Crippen LogP contribution in [0.1, 0.15) is 65.5 Å². The van der Waals surface area contributed by atoms with Gasteiger partial charge in [0.15, 0.2) is 11.3 Å². The van der Waals surface area contributed by atoms with Gasteiger partial charge in [0.1, 0.15) is 17.9 Å². The van der Waals surface area contributed by atoms with Crippen molar-refractivity contribution in [3.63, 3.8) is 0 Å². The van der Waals surface area contributed by atoms with Crippen molar-refractivity contribution in [2.75, 3.05) is 20.8 Å². The molecule has 1 unspecified atom stereocenters. The number of hydrogen-bond acceptors (Lipinski definition) is 7. The fourth-order valence-corrected chi connectivity index (χ4v) is 6.11. The highest BCUT2D eigenvalue weighted by Crippen LogP contribution is 2.42. The van der Waals surface area contributed by atoms with Crippen molar-refractivity contribution in [1.29, 1.82) is 0 Å². The predicted octanol–water partition coefficient (Wildman–Crippen LogP) is 4.46. The van der Waals surface area contributed by atoms with Crippen LogP contribution < -0.4 is 20.1 Å². The van der Waals surface area contributed by atoms with E-state index in [1.165, 1.54) is 7.11 Å². The molecule has 0 saturated heterocycles. The maximum absolute atomic E-state index is 14.2. The van der Waals surface area contributed by atoms with E-state index >= 15 is 0 Å². The number of carbonyl (C=O) groups excluding carboxylic acids is 3. The zero-order valence-corrected chi connectivity index (χ0v) is 24.6. The van der Waals surface area contributed by atoms with Crippen molar-refractivity contribution < 1.29 is 33.0 Å². The molecule has 2 aromatic carbocycles. The number of rotatable bonds is 8. The summed E-state index contributed by atoms with van der Waals surface area (Å²) < 4.78 is 23.2. The Morgan fingerprint density at radius 3 is 2.64 bits per heavy atom. The summed E-state index contributed by atoms with van der Waals surface area (Å²) in [5, 5.41) is 6.99. The van der Waals surface area contributed by atoms with Gasteiger partial charge in [0.2, 0.25) is 11.7 Å². The van der Waals surface area contributed by atoms with Crippen LogP contribution >= 0.6 is 11.6 Å². The average Bonchev–Trinajstić information content (AvgIpc) is 3.27. The average molecular weight is 596 g/mol. The molecule has 10 nitrogen and oxygen atoms in total. The molecule has 2 saturated carbocycles. The second-order valence-corrected chi connectivity index (χ2v) is 11.8. The Labute approximate surface area is 248 Å². The Kier molecular flexibility index (Phi) is 7.53. The monoisotopic (exact) mass is 595 g/mol. The minimum Gasteiger partial charge on any atom is -0.496 e. The Morgan fingerprint density at radius 2 is 1.95 bits per heavy atom. The summed E-state index contributed by atoms with van der Waals surface area (Å²) in [4.78, 5) is 42.4. The molecular formula is C31H34ClN3O7. The molecule has 42 heavy (non-hydrogen) atoms. The van der Waals surface area contributed by atoms with E-state index in [1.54, 1.807) is 55.3 Å². The number of benzene rings is 2. The first-order chi connectivity index (χ1) is 20.2. The summed E-state index contributed by atoms with van der Waals surface area (Å²) in [5.41, 5.74) is 0.0792. The number of amides is 3. The summed E-state index contributed by atoms with van der Waals surface area (Å²) in [7, 11) is 3.17. The van der Waals surface area contributed by atoms with Gasteiger partial charge in [-0.05, 0) is 69.4 Å². The number of furan rings is 1. The lowest BCUT2D eigenvalue weighted by Gasteiger charge is -2.48. The van der Waals surface area contributed by atoms with Gasteiger partial charge in [0.25, 0.3) is 11.8 Å². The molecule has 1 aliphatic heterocycles. The van der Waals surface area contributed by atoms with Crippen LogP contribution in [0.3, 0.4) is 0 Å². The molecule has 6 rings (SSSR count). The third-order valence-corrected chi connectivity index (χ3v) is 9.12. The van der Waals surface area contributed by atoms with E-state index in [1.807, 2.05) is 0 Å². The van der Waals surface area contributed by atoms with Crippen LogP contribution in [-0.2, 0) is 16.1 Å². The maximum Gasteiger partial charge on any atom is 0.294 e. The van der Waals surface area contributed by atoms with E-state index in [0.29, 0.717) is 45.7 Å². The number of carbonyl (C=O) groups is 3. The van der Waals surface area contributed by atoms with Crippen molar-refractivity contribution >= 4 is 40.3 Å². The van der Waals surface area contributed by atoms with E-state index < -0.39 is 17.4 Å². The quantitative estimate of drug-likeness (QED) is 0.394. The highest BCUT2D eigenvalue weighted by molar-refractivity contribution is 6.31. The van der Waals surface area contributed by atoms with Crippen LogP contribution in [-0.4, -0.2) is 67.2 Å². The van der Waals surface area contributed by atoms with Crippen molar-refractivity contribution in [3.05, 3.63) is 58.3 Å². The van der Waals surface area contributed by atoms with Gasteiger partial charge in [-0.1, -0.05) is 17.7 Å². The molecule has 0 radical (unpaired) electrons. The summed E-state index contributed by atoms with van der Waals surface area (Å²) in [6.45, 7) is 1.69. The number of nitrogens with one attached hydrogen (secondary N) is 2. The van der Waals surface area contributed by atoms with E-state index in [2.05, 4.69) is 10.6 Å². The molecule has 3 amide bonds. The minimum atomic E-state index is -1.37. The second kappa shape index (κ2) is 11.1. The van der Waals surface area contributed by atoms with E-state index in [0.717, 1.165) is 19.3 Å². The molecule has 2 heterocycles. The summed E-state index contributed by atoms with van der Waals surface area (Å²) in [6.07, 6.45) is 4.20. The van der Waals surface area contributed by atoms with Crippen LogP contribution in [0.4, 0.5) is 0 Å². The van der Waals surface area contributed by atoms with Crippen LogP contribution in [0, 0.1) is 0 Å². The maximum atomic E-state index is 14.2. The minimum absolute atomic E-state index is 0.00622. The van der Waals surface area contributed by atoms with Gasteiger partial charge < -0.3 is 34.2 Å². The number of nitrogens with zero attached hydrogens (tertiary/aromatic N) is 1. The summed E-state index contributed by atoms with van der Waals surface area (Å²) in [5.74, 6) is -0.216. The summed E-state index contributed by atoms with van der Waals surface area (Å²) in [6, 6.07) is 10.2. The van der Waals surface area contributed by atoms with Gasteiger partial charge in [0.05, 0.1) is 18.6 Å². The Bertz CT molecular complexity index is 1540. The molecule has 0 bridgehead atoms. The lowest BCUT2D eigenvalue weighted by Crippen LogP contribution is -2.66. The van der Waals surface area contributed by atoms with Crippen LogP contribution in [0.15, 0.2) is 40.8 Å². The molecule has 11 heteroatoms. The topological polar surface area (TPSA) is 119 Å². The fourth-order valence-electron chi connectivity index (χ4n) is 5.88. The fraction of sp³-hybridized carbons (Fsp3) is 0.452. The normalized spacial score (nSPS) is 23.7. The number of methoxy groups -OCH3 is 2. The molecule has 2 aliphatic carbocycles. The number of hydrogen-bond donors (Lipinski definition) is 2. The van der Waals surface area contributed by atoms with Gasteiger partial charge in [0, 0.05) is 41.9 Å². The van der Waals surface area contributed by atoms with Gasteiger partial charge in [-0.2, -0.15) is 0 Å². The van der Waals surface area contributed by atoms with Crippen LogP contribution in [0.25, 0.3) is 11.0 Å². The van der Waals surface area contributed by atoms with E-state index in [9.17, 15) is 14.4 Å². The molecule has 0 spiro atoms. The molecule has 222 valence electrons. The molecule has 1 atom stereocenters. The first-order valence-corrected chi connectivity index (χ1v) is 14.6. The number of ether oxygens (including phenoxy) is 3. The van der Waals surface area contributed by atoms with Crippen molar-refractivity contribution in [1.82, 2.24) is 15.5 Å². The standard InChI is InChI=1S/C31H34ClN3O7/c1-31(30(38)33-15-22-23(32)8-5-9-24(22)40-3)16-41-26-21-11-10-17(28(36)34-18-6-4-7-18)12-25(21)42-27(26)29(37)35(31)19-13-20(14-19)39-2/h5,8-12,18-20H,4,6-7,13-16H2,1-3H3,(H,33,38)(H,34,36)/t19-,20+,31?. The molecule has 2 fully saturated rings. The zero-order valence-electron chi connectivity index (χ0n) is 23.8. The van der Waals surface area contributed by atoms with Gasteiger partial charge in [-0.15, -0.1) is 0 Å². The number of halogens is 1. The van der Waals surface area contributed by atoms with Gasteiger partial charge in [-0.3, -0.25) is 14.4 Å². The lowest BCUT2D eigenvalue weighted by atomic mass is 9.83. The van der Waals surface area contributed by atoms with Crippen LogP contribution in [0.2, 0.25) is 5.02 Å². The highest BCUT2D eigenvalue weighted by Gasteiger charge is 2.53. The zero-order chi connectivity index (χ0) is 29.6. The van der Waals surface area contributed by atoms with Crippen LogP contribution in [0.5, 0.6) is 11.5 Å². The molecule has 1 aromatic heterocycles. The Balaban J connectivity index is 1.30.